The third-order valence-electron chi connectivity index (χ3n) is 4.06. The third kappa shape index (κ3) is 6.54. The normalized spacial score (nSPS) is 21.6. The number of aliphatic hydroxyl groups is 1. The van der Waals surface area contributed by atoms with Gasteiger partial charge in [0, 0.05) is 31.2 Å². The first kappa shape index (κ1) is 19.4. The van der Waals surface area contributed by atoms with E-state index in [1.807, 2.05) is 13.0 Å². The number of β-amino-alcohol motifs (C(OH)–C–C–N with tert-alkyl or cyclic N) is 1. The second-order valence-corrected chi connectivity index (χ2v) is 7.03. The van der Waals surface area contributed by atoms with Gasteiger partial charge < -0.3 is 10.2 Å². The van der Waals surface area contributed by atoms with Gasteiger partial charge in [-0.2, -0.15) is 5.10 Å². The summed E-state index contributed by atoms with van der Waals surface area (Å²) in [7, 11) is 0. The number of carbonyl (C=O) groups is 1. The lowest BCUT2D eigenvalue weighted by atomic mass is 9.89. The van der Waals surface area contributed by atoms with E-state index in [0.29, 0.717) is 0 Å². The number of H-pyrrole nitrogens is 1. The first-order chi connectivity index (χ1) is 10.8. The molecular formula is C17H29N3O3. The topological polar surface area (TPSA) is 89.5 Å². The van der Waals surface area contributed by atoms with E-state index in [2.05, 4.69) is 41.6 Å². The molecule has 0 aromatic carbocycles. The minimum atomic E-state index is -0.250. The van der Waals surface area contributed by atoms with E-state index in [1.165, 1.54) is 0 Å². The van der Waals surface area contributed by atoms with Crippen molar-refractivity contribution in [2.75, 3.05) is 19.6 Å². The molecule has 0 unspecified atom stereocenters. The summed E-state index contributed by atoms with van der Waals surface area (Å²) in [6, 6.07) is 2.07. The van der Waals surface area contributed by atoms with Gasteiger partial charge in [0.15, 0.2) is 0 Å². The first-order valence-corrected chi connectivity index (χ1v) is 7.91. The smallest absolute Gasteiger partial charge is 0.290 e. The van der Waals surface area contributed by atoms with E-state index in [-0.39, 0.29) is 23.9 Å². The molecule has 1 aliphatic rings. The Morgan fingerprint density at radius 2 is 2.17 bits per heavy atom. The van der Waals surface area contributed by atoms with E-state index >= 15 is 0 Å². The maximum atomic E-state index is 10.3. The Morgan fingerprint density at radius 1 is 1.52 bits per heavy atom. The van der Waals surface area contributed by atoms with E-state index in [9.17, 15) is 5.11 Å². The SMILES string of the molecule is C=CCC(C)(C)CN1C[C@@H](Cc2cc(C)[nH]n2)[C@H](O)C1.O=CO. The zero-order valence-electron chi connectivity index (χ0n) is 14.3. The second kappa shape index (κ2) is 8.84. The largest absolute Gasteiger partial charge is 0.483 e. The van der Waals surface area contributed by atoms with Crippen LogP contribution in [0.25, 0.3) is 0 Å². The van der Waals surface area contributed by atoms with Crippen molar-refractivity contribution in [2.24, 2.45) is 11.3 Å². The number of aliphatic hydroxyl groups excluding tert-OH is 1. The molecule has 1 aromatic heterocycles. The van der Waals surface area contributed by atoms with Gasteiger partial charge in [-0.1, -0.05) is 19.9 Å². The van der Waals surface area contributed by atoms with Crippen molar-refractivity contribution in [1.29, 1.82) is 0 Å². The Kier molecular flexibility index (Phi) is 7.45. The summed E-state index contributed by atoms with van der Waals surface area (Å²) in [5.74, 6) is 0.289. The predicted octanol–water partition coefficient (Wildman–Crippen LogP) is 1.86. The number of likely N-dealkylation sites (tertiary alicyclic amines) is 1. The molecule has 0 bridgehead atoms. The van der Waals surface area contributed by atoms with Crippen LogP contribution in [0.5, 0.6) is 0 Å². The average Bonchev–Trinajstić information content (AvgIpc) is 2.97. The van der Waals surface area contributed by atoms with Crippen LogP contribution in [0.3, 0.4) is 0 Å². The number of aromatic amines is 1. The summed E-state index contributed by atoms with van der Waals surface area (Å²) < 4.78 is 0. The van der Waals surface area contributed by atoms with Crippen LogP contribution in [0.2, 0.25) is 0 Å². The highest BCUT2D eigenvalue weighted by Crippen LogP contribution is 2.27. The Morgan fingerprint density at radius 3 is 2.70 bits per heavy atom. The number of aryl methyl sites for hydroxylation is 1. The number of nitrogens with one attached hydrogen (secondary N) is 1. The monoisotopic (exact) mass is 323 g/mol. The van der Waals surface area contributed by atoms with Gasteiger partial charge in [-0.15, -0.1) is 6.58 Å². The highest BCUT2D eigenvalue weighted by Gasteiger charge is 2.34. The molecule has 6 heteroatoms. The highest BCUT2D eigenvalue weighted by atomic mass is 16.3. The van der Waals surface area contributed by atoms with Crippen molar-refractivity contribution in [3.8, 4) is 0 Å². The summed E-state index contributed by atoms with van der Waals surface area (Å²) in [5.41, 5.74) is 2.36. The number of hydrogen-bond donors (Lipinski definition) is 3. The lowest BCUT2D eigenvalue weighted by Crippen LogP contribution is -2.33. The van der Waals surface area contributed by atoms with Gasteiger partial charge in [0.2, 0.25) is 0 Å². The molecule has 23 heavy (non-hydrogen) atoms. The quantitative estimate of drug-likeness (QED) is 0.549. The van der Waals surface area contributed by atoms with Crippen LogP contribution in [0.15, 0.2) is 18.7 Å². The fraction of sp³-hybridized carbons (Fsp3) is 0.647. The Bertz CT molecular complexity index is 499. The number of allylic oxidation sites excluding steroid dienone is 1. The summed E-state index contributed by atoms with van der Waals surface area (Å²) in [6.45, 7) is 12.8. The molecule has 1 fully saturated rings. The fourth-order valence-corrected chi connectivity index (χ4v) is 3.18. The zero-order valence-corrected chi connectivity index (χ0v) is 14.3. The summed E-state index contributed by atoms with van der Waals surface area (Å²) >= 11 is 0. The molecule has 2 rings (SSSR count). The van der Waals surface area contributed by atoms with Gasteiger partial charge in [0.25, 0.3) is 6.47 Å². The molecule has 0 saturated carbocycles. The number of nitrogens with zero attached hydrogens (tertiary/aromatic N) is 2. The number of hydrogen-bond acceptors (Lipinski definition) is 4. The average molecular weight is 323 g/mol. The van der Waals surface area contributed by atoms with Crippen LogP contribution < -0.4 is 0 Å². The van der Waals surface area contributed by atoms with Crippen molar-refractivity contribution >= 4 is 6.47 Å². The summed E-state index contributed by atoms with van der Waals surface area (Å²) in [6.07, 6.45) is 3.59. The molecule has 3 N–H and O–H groups in total. The van der Waals surface area contributed by atoms with Crippen LogP contribution in [0, 0.1) is 18.3 Å². The Balaban J connectivity index is 0.000000816. The van der Waals surface area contributed by atoms with Gasteiger partial charge in [0.05, 0.1) is 11.8 Å². The van der Waals surface area contributed by atoms with Gasteiger partial charge in [-0.05, 0) is 31.2 Å². The molecule has 6 nitrogen and oxygen atoms in total. The maximum absolute atomic E-state index is 10.3. The molecular weight excluding hydrogens is 294 g/mol. The van der Waals surface area contributed by atoms with Gasteiger partial charge >= 0.3 is 0 Å². The van der Waals surface area contributed by atoms with Crippen molar-refractivity contribution in [1.82, 2.24) is 15.1 Å². The Hall–Kier alpha value is -1.66. The molecule has 0 spiro atoms. The van der Waals surface area contributed by atoms with Crippen molar-refractivity contribution < 1.29 is 15.0 Å². The van der Waals surface area contributed by atoms with Crippen molar-refractivity contribution in [3.63, 3.8) is 0 Å². The lowest BCUT2D eigenvalue weighted by molar-refractivity contribution is -0.122. The minimum absolute atomic E-state index is 0.222. The summed E-state index contributed by atoms with van der Waals surface area (Å²) in [5, 5.41) is 24.4. The highest BCUT2D eigenvalue weighted by molar-refractivity contribution is 5.32. The van der Waals surface area contributed by atoms with Gasteiger partial charge in [-0.3, -0.25) is 14.8 Å². The maximum Gasteiger partial charge on any atom is 0.290 e. The zero-order chi connectivity index (χ0) is 17.5. The van der Waals surface area contributed by atoms with Crippen LogP contribution in [-0.4, -0.2) is 57.5 Å². The lowest BCUT2D eigenvalue weighted by Gasteiger charge is -2.29. The van der Waals surface area contributed by atoms with Crippen LogP contribution >= 0.6 is 0 Å². The van der Waals surface area contributed by atoms with E-state index in [1.54, 1.807) is 0 Å². The Labute approximate surface area is 138 Å². The standard InChI is InChI=1S/C16H27N3O.CH2O2/c1-5-6-16(3,4)11-19-9-13(15(20)10-19)8-14-7-12(2)17-18-14;2-1-3/h5,7,13,15,20H,1,6,8-11H2,2-4H3,(H,17,18);1H,(H,2,3)/t13-,15-;/m1./s1. The van der Waals surface area contributed by atoms with Crippen LogP contribution in [-0.2, 0) is 11.2 Å². The van der Waals surface area contributed by atoms with Crippen molar-refractivity contribution in [2.45, 2.75) is 39.7 Å². The second-order valence-electron chi connectivity index (χ2n) is 7.03. The minimum Gasteiger partial charge on any atom is -0.483 e. The third-order valence-corrected chi connectivity index (χ3v) is 4.06. The molecule has 1 aliphatic heterocycles. The number of aromatic nitrogens is 2. The van der Waals surface area contributed by atoms with Crippen LogP contribution in [0.4, 0.5) is 0 Å². The van der Waals surface area contributed by atoms with E-state index < -0.39 is 0 Å². The van der Waals surface area contributed by atoms with Crippen molar-refractivity contribution in [3.05, 3.63) is 30.1 Å². The molecule has 130 valence electrons. The number of carboxylic acid groups (broad SMARTS) is 1. The molecule has 0 amide bonds. The molecule has 2 heterocycles. The molecule has 0 radical (unpaired) electrons. The van der Waals surface area contributed by atoms with Gasteiger partial charge in [-0.25, -0.2) is 0 Å². The van der Waals surface area contributed by atoms with E-state index in [0.717, 1.165) is 43.9 Å². The molecule has 0 aliphatic carbocycles. The first-order valence-electron chi connectivity index (χ1n) is 7.91. The van der Waals surface area contributed by atoms with Crippen LogP contribution in [0.1, 0.15) is 31.7 Å². The fourth-order valence-electron chi connectivity index (χ4n) is 3.18. The van der Waals surface area contributed by atoms with E-state index in [4.69, 9.17) is 9.90 Å². The molecule has 1 aromatic rings. The van der Waals surface area contributed by atoms with Gasteiger partial charge in [0.1, 0.15) is 0 Å². The predicted molar refractivity (Wildman–Crippen MR) is 90.3 cm³/mol. The molecule has 2 atom stereocenters. The summed E-state index contributed by atoms with van der Waals surface area (Å²) in [4.78, 5) is 10.7. The molecule has 1 saturated heterocycles. The number of rotatable bonds is 6.